The smallest absolute Gasteiger partial charge is 0.191 e. The Morgan fingerprint density at radius 2 is 2.28 bits per heavy atom. The molecule has 98 valence electrons. The largest absolute Gasteiger partial charge is 0.378 e. The van der Waals surface area contributed by atoms with Crippen molar-refractivity contribution in [2.24, 2.45) is 10.7 Å². The quantitative estimate of drug-likeness (QED) is 0.427. The van der Waals surface area contributed by atoms with E-state index in [1.165, 1.54) is 0 Å². The third kappa shape index (κ3) is 3.85. The number of morpholine rings is 1. The fraction of sp³-hybridized carbons (Fsp3) is 0.545. The minimum Gasteiger partial charge on any atom is -0.378 e. The van der Waals surface area contributed by atoms with Gasteiger partial charge in [0.1, 0.15) is 5.82 Å². The number of aliphatic imine (C=N–C) groups is 1. The topological polar surface area (TPSA) is 88.7 Å². The molecule has 0 aromatic carbocycles. The number of nitrogens with one attached hydrogen (secondary N) is 1. The molecule has 1 saturated heterocycles. The maximum absolute atomic E-state index is 5.89. The standard InChI is InChI=1S/C11H18N6O/c12-11(17-5-7-18-8-6-17)16-4-3-15-10-9-13-1-2-14-10/h1-2,9H,3-8H2,(H2,12,16)(H,14,15). The number of anilines is 1. The summed E-state index contributed by atoms with van der Waals surface area (Å²) in [5, 5.41) is 3.12. The molecule has 1 aliphatic heterocycles. The monoisotopic (exact) mass is 250 g/mol. The van der Waals surface area contributed by atoms with Gasteiger partial charge < -0.3 is 20.7 Å². The van der Waals surface area contributed by atoms with Gasteiger partial charge in [0, 0.05) is 32.0 Å². The van der Waals surface area contributed by atoms with E-state index in [4.69, 9.17) is 10.5 Å². The van der Waals surface area contributed by atoms with Crippen LogP contribution < -0.4 is 11.1 Å². The van der Waals surface area contributed by atoms with Crippen LogP contribution in [0.5, 0.6) is 0 Å². The van der Waals surface area contributed by atoms with Crippen LogP contribution in [0.3, 0.4) is 0 Å². The first-order valence-electron chi connectivity index (χ1n) is 5.99. The van der Waals surface area contributed by atoms with Crippen LogP contribution in [0, 0.1) is 0 Å². The number of nitrogens with zero attached hydrogens (tertiary/aromatic N) is 4. The Balaban J connectivity index is 1.70. The summed E-state index contributed by atoms with van der Waals surface area (Å²) < 4.78 is 5.25. The summed E-state index contributed by atoms with van der Waals surface area (Å²) in [5.41, 5.74) is 5.89. The highest BCUT2D eigenvalue weighted by atomic mass is 16.5. The summed E-state index contributed by atoms with van der Waals surface area (Å²) in [4.78, 5) is 14.4. The molecule has 2 rings (SSSR count). The van der Waals surface area contributed by atoms with E-state index < -0.39 is 0 Å². The van der Waals surface area contributed by atoms with Gasteiger partial charge in [-0.05, 0) is 0 Å². The van der Waals surface area contributed by atoms with E-state index in [1.54, 1.807) is 18.6 Å². The predicted octanol–water partition coefficient (Wildman–Crippen LogP) is -0.465. The summed E-state index contributed by atoms with van der Waals surface area (Å²) in [6.07, 6.45) is 4.96. The van der Waals surface area contributed by atoms with Crippen LogP contribution in [0.1, 0.15) is 0 Å². The first-order chi connectivity index (χ1) is 8.86. The van der Waals surface area contributed by atoms with Crippen LogP contribution in [-0.4, -0.2) is 60.2 Å². The lowest BCUT2D eigenvalue weighted by Crippen LogP contribution is -2.45. The summed E-state index contributed by atoms with van der Waals surface area (Å²) in [6.45, 7) is 4.35. The number of rotatable bonds is 4. The second-order valence-corrected chi connectivity index (χ2v) is 3.86. The molecule has 7 heteroatoms. The van der Waals surface area contributed by atoms with Crippen LogP contribution in [0.2, 0.25) is 0 Å². The summed E-state index contributed by atoms with van der Waals surface area (Å²) >= 11 is 0. The summed E-state index contributed by atoms with van der Waals surface area (Å²) in [7, 11) is 0. The van der Waals surface area contributed by atoms with Crippen molar-refractivity contribution in [2.45, 2.75) is 0 Å². The molecule has 1 fully saturated rings. The fourth-order valence-corrected chi connectivity index (χ4v) is 1.64. The van der Waals surface area contributed by atoms with Gasteiger partial charge in [-0.3, -0.25) is 9.98 Å². The Morgan fingerprint density at radius 3 is 3.00 bits per heavy atom. The average Bonchev–Trinajstić information content (AvgIpc) is 2.45. The van der Waals surface area contributed by atoms with Gasteiger partial charge >= 0.3 is 0 Å². The van der Waals surface area contributed by atoms with E-state index in [2.05, 4.69) is 20.3 Å². The highest BCUT2D eigenvalue weighted by Crippen LogP contribution is 1.97. The van der Waals surface area contributed by atoms with Crippen molar-refractivity contribution < 1.29 is 4.74 Å². The van der Waals surface area contributed by atoms with Crippen molar-refractivity contribution in [1.82, 2.24) is 14.9 Å². The molecule has 0 amide bonds. The molecule has 3 N–H and O–H groups in total. The van der Waals surface area contributed by atoms with E-state index in [9.17, 15) is 0 Å². The van der Waals surface area contributed by atoms with Crippen molar-refractivity contribution in [3.8, 4) is 0 Å². The molecule has 18 heavy (non-hydrogen) atoms. The van der Waals surface area contributed by atoms with Gasteiger partial charge in [0.2, 0.25) is 0 Å². The lowest BCUT2D eigenvalue weighted by atomic mass is 10.4. The van der Waals surface area contributed by atoms with Gasteiger partial charge in [0.05, 0.1) is 26.0 Å². The molecule has 1 aliphatic rings. The zero-order valence-electron chi connectivity index (χ0n) is 10.2. The lowest BCUT2D eigenvalue weighted by molar-refractivity contribution is 0.0674. The molecule has 0 bridgehead atoms. The van der Waals surface area contributed by atoms with Crippen molar-refractivity contribution in [3.63, 3.8) is 0 Å². The van der Waals surface area contributed by atoms with E-state index in [-0.39, 0.29) is 0 Å². The van der Waals surface area contributed by atoms with E-state index >= 15 is 0 Å². The Morgan fingerprint density at radius 1 is 1.44 bits per heavy atom. The lowest BCUT2D eigenvalue weighted by Gasteiger charge is -2.27. The van der Waals surface area contributed by atoms with Crippen LogP contribution in [0.15, 0.2) is 23.6 Å². The third-order valence-electron chi connectivity index (χ3n) is 2.59. The van der Waals surface area contributed by atoms with Crippen molar-refractivity contribution in [3.05, 3.63) is 18.6 Å². The van der Waals surface area contributed by atoms with Gasteiger partial charge in [-0.2, -0.15) is 0 Å². The van der Waals surface area contributed by atoms with E-state index in [0.29, 0.717) is 32.3 Å². The fourth-order valence-electron chi connectivity index (χ4n) is 1.64. The van der Waals surface area contributed by atoms with Gasteiger partial charge in [-0.15, -0.1) is 0 Å². The molecule has 0 atom stereocenters. The SMILES string of the molecule is NC(=NCCNc1cnccn1)N1CCOCC1. The second-order valence-electron chi connectivity index (χ2n) is 3.86. The van der Waals surface area contributed by atoms with Crippen LogP contribution in [-0.2, 0) is 4.74 Å². The highest BCUT2D eigenvalue weighted by molar-refractivity contribution is 5.78. The molecule has 0 aliphatic carbocycles. The maximum Gasteiger partial charge on any atom is 0.191 e. The van der Waals surface area contributed by atoms with Crippen molar-refractivity contribution in [1.29, 1.82) is 0 Å². The highest BCUT2D eigenvalue weighted by Gasteiger charge is 2.11. The van der Waals surface area contributed by atoms with Crippen molar-refractivity contribution >= 4 is 11.8 Å². The van der Waals surface area contributed by atoms with Gasteiger partial charge in [-0.1, -0.05) is 0 Å². The molecule has 7 nitrogen and oxygen atoms in total. The first kappa shape index (κ1) is 12.6. The molecular weight excluding hydrogens is 232 g/mol. The Labute approximate surface area is 106 Å². The number of hydrogen-bond donors (Lipinski definition) is 2. The summed E-state index contributed by atoms with van der Waals surface area (Å²) in [5.74, 6) is 1.33. The minimum absolute atomic E-state index is 0.583. The molecule has 0 radical (unpaired) electrons. The minimum atomic E-state index is 0.583. The molecule has 1 aromatic heterocycles. The van der Waals surface area contributed by atoms with Gasteiger partial charge in [-0.25, -0.2) is 4.98 Å². The summed E-state index contributed by atoms with van der Waals surface area (Å²) in [6, 6.07) is 0. The second kappa shape index (κ2) is 6.75. The van der Waals surface area contributed by atoms with E-state index in [1.807, 2.05) is 4.90 Å². The predicted molar refractivity (Wildman–Crippen MR) is 69.4 cm³/mol. The Bertz CT molecular complexity index is 376. The van der Waals surface area contributed by atoms with Crippen molar-refractivity contribution in [2.75, 3.05) is 44.7 Å². The third-order valence-corrected chi connectivity index (χ3v) is 2.59. The van der Waals surface area contributed by atoms with Gasteiger partial charge in [0.25, 0.3) is 0 Å². The Kier molecular flexibility index (Phi) is 4.71. The molecule has 2 heterocycles. The van der Waals surface area contributed by atoms with Gasteiger partial charge in [0.15, 0.2) is 5.96 Å². The van der Waals surface area contributed by atoms with Crippen LogP contribution in [0.4, 0.5) is 5.82 Å². The number of ether oxygens (including phenoxy) is 1. The average molecular weight is 250 g/mol. The number of guanidine groups is 1. The van der Waals surface area contributed by atoms with Crippen LogP contribution >= 0.6 is 0 Å². The molecule has 0 spiro atoms. The number of aromatic nitrogens is 2. The Hall–Kier alpha value is -1.89. The number of nitrogens with two attached hydrogens (primary N) is 1. The van der Waals surface area contributed by atoms with Crippen LogP contribution in [0.25, 0.3) is 0 Å². The molecule has 0 unspecified atom stereocenters. The van der Waals surface area contributed by atoms with E-state index in [0.717, 1.165) is 18.9 Å². The zero-order valence-corrected chi connectivity index (χ0v) is 10.2. The normalized spacial score (nSPS) is 16.7. The first-order valence-corrected chi connectivity index (χ1v) is 5.99. The number of hydrogen-bond acceptors (Lipinski definition) is 5. The zero-order chi connectivity index (χ0) is 12.6. The molecular formula is C11H18N6O. The molecule has 1 aromatic rings. The maximum atomic E-state index is 5.89. The molecule has 0 saturated carbocycles.